The zero-order chi connectivity index (χ0) is 13.8. The van der Waals surface area contributed by atoms with Crippen molar-refractivity contribution >= 4 is 0 Å². The molecule has 0 heterocycles. The minimum atomic E-state index is -0.423. The van der Waals surface area contributed by atoms with Gasteiger partial charge in [0.05, 0.1) is 6.10 Å². The Hall–Kier alpha value is -0.860. The van der Waals surface area contributed by atoms with Crippen molar-refractivity contribution in [1.29, 1.82) is 0 Å². The lowest BCUT2D eigenvalue weighted by Crippen LogP contribution is -2.30. The molecule has 1 aromatic carbocycles. The molecule has 0 aliphatic carbocycles. The first kappa shape index (κ1) is 15.2. The number of hydrogen-bond acceptors (Lipinski definition) is 2. The zero-order valence-corrected chi connectivity index (χ0v) is 12.3. The maximum Gasteiger partial charge on any atom is 0.0914 e. The van der Waals surface area contributed by atoms with Crippen LogP contribution in [0.25, 0.3) is 0 Å². The van der Waals surface area contributed by atoms with Gasteiger partial charge in [0, 0.05) is 13.1 Å². The molecule has 1 aromatic rings. The van der Waals surface area contributed by atoms with Gasteiger partial charge >= 0.3 is 0 Å². The van der Waals surface area contributed by atoms with Crippen molar-refractivity contribution in [3.63, 3.8) is 0 Å². The second-order valence-electron chi connectivity index (χ2n) is 6.53. The third-order valence-electron chi connectivity index (χ3n) is 2.98. The predicted octanol–water partition coefficient (Wildman–Crippen LogP) is 3.48. The van der Waals surface area contributed by atoms with Gasteiger partial charge in [-0.15, -0.1) is 0 Å². The summed E-state index contributed by atoms with van der Waals surface area (Å²) in [5.41, 5.74) is 2.55. The van der Waals surface area contributed by atoms with Gasteiger partial charge in [0.25, 0.3) is 0 Å². The van der Waals surface area contributed by atoms with E-state index in [1.54, 1.807) is 0 Å². The third kappa shape index (κ3) is 5.19. The molecule has 0 saturated heterocycles. The van der Waals surface area contributed by atoms with E-state index in [0.717, 1.165) is 12.1 Å². The van der Waals surface area contributed by atoms with E-state index in [2.05, 4.69) is 52.1 Å². The molecule has 1 rings (SSSR count). The molecule has 0 aromatic heterocycles. The zero-order valence-electron chi connectivity index (χ0n) is 12.3. The lowest BCUT2D eigenvalue weighted by atomic mass is 9.96. The van der Waals surface area contributed by atoms with E-state index < -0.39 is 6.10 Å². The number of nitrogens with one attached hydrogen (secondary N) is 1. The molecule has 0 spiro atoms. The molecular weight excluding hydrogens is 222 g/mol. The summed E-state index contributed by atoms with van der Waals surface area (Å²) >= 11 is 0. The predicted molar refractivity (Wildman–Crippen MR) is 77.8 cm³/mol. The molecule has 102 valence electrons. The van der Waals surface area contributed by atoms with Crippen molar-refractivity contribution in [2.24, 2.45) is 5.41 Å². The van der Waals surface area contributed by atoms with Crippen LogP contribution in [0.15, 0.2) is 24.3 Å². The number of benzene rings is 1. The van der Waals surface area contributed by atoms with Crippen molar-refractivity contribution in [2.45, 2.75) is 46.6 Å². The van der Waals surface area contributed by atoms with E-state index in [0.29, 0.717) is 12.5 Å². The summed E-state index contributed by atoms with van der Waals surface area (Å²) in [5.74, 6) is 0.537. The molecule has 0 bridgehead atoms. The fraction of sp³-hybridized carbons (Fsp3) is 0.625. The fourth-order valence-electron chi connectivity index (χ4n) is 1.80. The van der Waals surface area contributed by atoms with Crippen LogP contribution in [0, 0.1) is 5.41 Å². The van der Waals surface area contributed by atoms with Gasteiger partial charge in [-0.1, -0.05) is 58.9 Å². The molecule has 1 unspecified atom stereocenters. The highest BCUT2D eigenvalue weighted by Gasteiger charge is 2.12. The first-order chi connectivity index (χ1) is 8.29. The molecule has 0 amide bonds. The quantitative estimate of drug-likeness (QED) is 0.837. The molecule has 0 fully saturated rings. The van der Waals surface area contributed by atoms with Gasteiger partial charge in [0.2, 0.25) is 0 Å². The lowest BCUT2D eigenvalue weighted by molar-refractivity contribution is 0.170. The van der Waals surface area contributed by atoms with Crippen molar-refractivity contribution in [3.05, 3.63) is 35.4 Å². The van der Waals surface area contributed by atoms with Gasteiger partial charge in [-0.05, 0) is 22.5 Å². The molecule has 18 heavy (non-hydrogen) atoms. The van der Waals surface area contributed by atoms with Crippen molar-refractivity contribution in [3.8, 4) is 0 Å². The lowest BCUT2D eigenvalue weighted by Gasteiger charge is -2.20. The molecular formula is C16H27NO. The smallest absolute Gasteiger partial charge is 0.0914 e. The van der Waals surface area contributed by atoms with Crippen LogP contribution >= 0.6 is 0 Å². The summed E-state index contributed by atoms with van der Waals surface area (Å²) in [4.78, 5) is 0. The van der Waals surface area contributed by atoms with Crippen LogP contribution < -0.4 is 5.32 Å². The molecule has 0 radical (unpaired) electrons. The Morgan fingerprint density at radius 2 is 1.56 bits per heavy atom. The second kappa shape index (κ2) is 6.35. The van der Waals surface area contributed by atoms with Gasteiger partial charge < -0.3 is 10.4 Å². The van der Waals surface area contributed by atoms with Crippen LogP contribution in [0.4, 0.5) is 0 Å². The van der Waals surface area contributed by atoms with Crippen LogP contribution in [0.2, 0.25) is 0 Å². The Balaban J connectivity index is 2.49. The Kier molecular flexibility index (Phi) is 5.36. The molecule has 0 saturated carbocycles. The van der Waals surface area contributed by atoms with E-state index >= 15 is 0 Å². The van der Waals surface area contributed by atoms with Gasteiger partial charge in [0.15, 0.2) is 0 Å². The topological polar surface area (TPSA) is 32.3 Å². The Bertz CT molecular complexity index is 348. The van der Waals surface area contributed by atoms with Gasteiger partial charge in [0.1, 0.15) is 0 Å². The average molecular weight is 249 g/mol. The first-order valence-electron chi connectivity index (χ1n) is 6.78. The van der Waals surface area contributed by atoms with Crippen molar-refractivity contribution in [1.82, 2.24) is 5.32 Å². The number of rotatable bonds is 5. The monoisotopic (exact) mass is 249 g/mol. The highest BCUT2D eigenvalue weighted by molar-refractivity contribution is 5.26. The molecule has 2 N–H and O–H groups in total. The maximum atomic E-state index is 10.1. The molecule has 0 aliphatic rings. The summed E-state index contributed by atoms with van der Waals surface area (Å²) in [7, 11) is 0. The highest BCUT2D eigenvalue weighted by atomic mass is 16.3. The van der Waals surface area contributed by atoms with E-state index in [1.807, 2.05) is 12.1 Å². The van der Waals surface area contributed by atoms with E-state index in [1.165, 1.54) is 5.56 Å². The largest absolute Gasteiger partial charge is 0.387 e. The average Bonchev–Trinajstić information content (AvgIpc) is 2.27. The van der Waals surface area contributed by atoms with Gasteiger partial charge in [-0.3, -0.25) is 0 Å². The Labute approximate surface area is 111 Å². The Morgan fingerprint density at radius 1 is 1.06 bits per heavy atom. The Morgan fingerprint density at radius 3 is 2.00 bits per heavy atom. The fourth-order valence-corrected chi connectivity index (χ4v) is 1.80. The third-order valence-corrected chi connectivity index (χ3v) is 2.98. The maximum absolute atomic E-state index is 10.1. The van der Waals surface area contributed by atoms with Crippen molar-refractivity contribution < 1.29 is 5.11 Å². The van der Waals surface area contributed by atoms with E-state index in [9.17, 15) is 5.11 Å². The first-order valence-corrected chi connectivity index (χ1v) is 6.78. The number of hydrogen-bond donors (Lipinski definition) is 2. The number of aliphatic hydroxyl groups is 1. The van der Waals surface area contributed by atoms with E-state index in [4.69, 9.17) is 0 Å². The highest BCUT2D eigenvalue weighted by Crippen LogP contribution is 2.18. The minimum absolute atomic E-state index is 0.251. The van der Waals surface area contributed by atoms with Crippen LogP contribution in [-0.4, -0.2) is 18.2 Å². The normalized spacial score (nSPS) is 13.9. The number of aliphatic hydroxyl groups excluding tert-OH is 1. The van der Waals surface area contributed by atoms with Crippen LogP contribution in [0.5, 0.6) is 0 Å². The second-order valence-corrected chi connectivity index (χ2v) is 6.53. The summed E-state index contributed by atoms with van der Waals surface area (Å²) in [6.07, 6.45) is -0.423. The van der Waals surface area contributed by atoms with Gasteiger partial charge in [-0.25, -0.2) is 0 Å². The van der Waals surface area contributed by atoms with Crippen LogP contribution in [-0.2, 0) is 0 Å². The molecule has 1 atom stereocenters. The molecule has 2 heteroatoms. The summed E-state index contributed by atoms with van der Waals surface area (Å²) < 4.78 is 0. The standard InChI is InChI=1S/C16H27NO/c1-12(2)13-6-8-14(9-7-13)15(18)10-17-11-16(3,4)5/h6-9,12,15,17-18H,10-11H2,1-5H3. The summed E-state index contributed by atoms with van der Waals surface area (Å²) in [6, 6.07) is 8.26. The molecule has 2 nitrogen and oxygen atoms in total. The van der Waals surface area contributed by atoms with E-state index in [-0.39, 0.29) is 5.41 Å². The van der Waals surface area contributed by atoms with Gasteiger partial charge in [-0.2, -0.15) is 0 Å². The SMILES string of the molecule is CC(C)c1ccc(C(O)CNCC(C)(C)C)cc1. The summed E-state index contributed by atoms with van der Waals surface area (Å²) in [6.45, 7) is 12.4. The van der Waals surface area contributed by atoms with Crippen LogP contribution in [0.3, 0.4) is 0 Å². The van der Waals surface area contributed by atoms with Crippen molar-refractivity contribution in [2.75, 3.05) is 13.1 Å². The molecule has 0 aliphatic heterocycles. The summed E-state index contributed by atoms with van der Waals surface area (Å²) in [5, 5.41) is 13.4. The van der Waals surface area contributed by atoms with Crippen LogP contribution in [0.1, 0.15) is 57.8 Å². The minimum Gasteiger partial charge on any atom is -0.387 e.